The summed E-state index contributed by atoms with van der Waals surface area (Å²) in [6.07, 6.45) is 8.36. The average molecular weight is 293 g/mol. The molecule has 0 aromatic carbocycles. The van der Waals surface area contributed by atoms with Crippen molar-refractivity contribution < 1.29 is 0 Å². The van der Waals surface area contributed by atoms with Crippen LogP contribution < -0.4 is 5.32 Å². The van der Waals surface area contributed by atoms with Crippen molar-refractivity contribution in [3.8, 4) is 0 Å². The van der Waals surface area contributed by atoms with Crippen molar-refractivity contribution >= 4 is 0 Å². The molecule has 1 unspecified atom stereocenters. The summed E-state index contributed by atoms with van der Waals surface area (Å²) in [5.41, 5.74) is 1.38. The predicted octanol–water partition coefficient (Wildman–Crippen LogP) is 4.06. The summed E-state index contributed by atoms with van der Waals surface area (Å²) < 4.78 is 0. The van der Waals surface area contributed by atoms with E-state index in [2.05, 4.69) is 44.8 Å². The molecule has 0 aromatic heterocycles. The first-order valence-corrected chi connectivity index (χ1v) is 9.18. The number of rotatable bonds is 2. The van der Waals surface area contributed by atoms with Crippen molar-refractivity contribution in [3.63, 3.8) is 0 Å². The first-order chi connectivity index (χ1) is 9.69. The molecule has 1 aliphatic heterocycles. The van der Waals surface area contributed by atoms with Crippen LogP contribution in [0.25, 0.3) is 0 Å². The highest BCUT2D eigenvalue weighted by Gasteiger charge is 2.46. The minimum Gasteiger partial charge on any atom is -0.310 e. The van der Waals surface area contributed by atoms with Crippen molar-refractivity contribution in [2.24, 2.45) is 16.7 Å². The van der Waals surface area contributed by atoms with E-state index in [9.17, 15) is 0 Å². The normalized spacial score (nSPS) is 38.1. The number of nitrogens with one attached hydrogen (secondary N) is 1. The van der Waals surface area contributed by atoms with E-state index in [0.29, 0.717) is 16.4 Å². The lowest BCUT2D eigenvalue weighted by Gasteiger charge is -2.49. The van der Waals surface area contributed by atoms with Crippen LogP contribution in [-0.4, -0.2) is 36.1 Å². The van der Waals surface area contributed by atoms with E-state index in [4.69, 9.17) is 0 Å². The van der Waals surface area contributed by atoms with Gasteiger partial charge in [-0.2, -0.15) is 0 Å². The molecule has 3 fully saturated rings. The maximum Gasteiger partial charge on any atom is 0.0308 e. The fourth-order valence-corrected chi connectivity index (χ4v) is 5.56. The van der Waals surface area contributed by atoms with E-state index in [1.54, 1.807) is 0 Å². The molecule has 0 spiro atoms. The Hall–Kier alpha value is -0.0800. The number of hydrogen-bond donors (Lipinski definition) is 1. The third kappa shape index (κ3) is 3.64. The molecule has 2 saturated carbocycles. The molecule has 1 heterocycles. The van der Waals surface area contributed by atoms with E-state index in [1.807, 2.05) is 0 Å². The molecule has 2 aliphatic carbocycles. The van der Waals surface area contributed by atoms with Crippen molar-refractivity contribution in [2.75, 3.05) is 19.6 Å². The number of hydrogen-bond acceptors (Lipinski definition) is 2. The van der Waals surface area contributed by atoms with Crippen LogP contribution in [0.15, 0.2) is 0 Å². The molecule has 0 aromatic rings. The van der Waals surface area contributed by atoms with Gasteiger partial charge in [0.1, 0.15) is 0 Å². The molecular formula is C19H36N2. The molecule has 1 atom stereocenters. The van der Waals surface area contributed by atoms with Crippen LogP contribution in [0.1, 0.15) is 73.1 Å². The van der Waals surface area contributed by atoms with E-state index < -0.39 is 0 Å². The molecule has 2 heteroatoms. The molecular weight excluding hydrogens is 256 g/mol. The van der Waals surface area contributed by atoms with Gasteiger partial charge in [0, 0.05) is 18.1 Å². The standard InChI is InChI=1S/C19H36N2/c1-17(2)11-16(12-18(3,4)13-17)21-10-6-9-20-19(5,14-21)15-7-8-15/h15-16,20H,6-14H2,1-5H3. The smallest absolute Gasteiger partial charge is 0.0308 e. The van der Waals surface area contributed by atoms with Crippen LogP contribution in [0, 0.1) is 16.7 Å². The van der Waals surface area contributed by atoms with Gasteiger partial charge in [0.25, 0.3) is 0 Å². The van der Waals surface area contributed by atoms with Gasteiger partial charge in [-0.05, 0) is 75.3 Å². The molecule has 122 valence electrons. The zero-order chi connectivity index (χ0) is 15.3. The molecule has 3 rings (SSSR count). The fraction of sp³-hybridized carbons (Fsp3) is 1.00. The highest BCUT2D eigenvalue weighted by molar-refractivity contribution is 5.03. The SMILES string of the molecule is CC1(C)CC(N2CCCNC(C)(C3CC3)C2)CC(C)(C)C1. The number of nitrogens with zero attached hydrogens (tertiary/aromatic N) is 1. The summed E-state index contributed by atoms with van der Waals surface area (Å²) in [5.74, 6) is 0.933. The lowest BCUT2D eigenvalue weighted by Crippen LogP contribution is -2.55. The molecule has 1 saturated heterocycles. The van der Waals surface area contributed by atoms with Crippen LogP contribution in [-0.2, 0) is 0 Å². The summed E-state index contributed by atoms with van der Waals surface area (Å²) in [4.78, 5) is 2.86. The largest absolute Gasteiger partial charge is 0.310 e. The zero-order valence-electron chi connectivity index (χ0n) is 15.0. The molecule has 2 nitrogen and oxygen atoms in total. The monoisotopic (exact) mass is 292 g/mol. The molecule has 0 bridgehead atoms. The molecule has 1 N–H and O–H groups in total. The maximum absolute atomic E-state index is 3.89. The highest BCUT2D eigenvalue weighted by Crippen LogP contribution is 2.48. The van der Waals surface area contributed by atoms with E-state index >= 15 is 0 Å². The highest BCUT2D eigenvalue weighted by atomic mass is 15.2. The van der Waals surface area contributed by atoms with E-state index in [-0.39, 0.29) is 0 Å². The Morgan fingerprint density at radius 3 is 2.14 bits per heavy atom. The Morgan fingerprint density at radius 2 is 1.57 bits per heavy atom. The van der Waals surface area contributed by atoms with Gasteiger partial charge >= 0.3 is 0 Å². The van der Waals surface area contributed by atoms with E-state index in [1.165, 1.54) is 58.2 Å². The summed E-state index contributed by atoms with van der Waals surface area (Å²) in [6.45, 7) is 16.2. The van der Waals surface area contributed by atoms with Gasteiger partial charge in [-0.1, -0.05) is 27.7 Å². The van der Waals surface area contributed by atoms with Crippen LogP contribution >= 0.6 is 0 Å². The second kappa shape index (κ2) is 5.23. The van der Waals surface area contributed by atoms with E-state index in [0.717, 1.165) is 12.0 Å². The quantitative estimate of drug-likeness (QED) is 0.826. The lowest BCUT2D eigenvalue weighted by molar-refractivity contribution is 0.0161. The van der Waals surface area contributed by atoms with Crippen LogP contribution in [0.3, 0.4) is 0 Å². The fourth-order valence-electron chi connectivity index (χ4n) is 5.56. The Kier molecular flexibility index (Phi) is 3.94. The average Bonchev–Trinajstić information content (AvgIpc) is 3.10. The van der Waals surface area contributed by atoms with Crippen molar-refractivity contribution in [2.45, 2.75) is 84.7 Å². The Labute approximate surface area is 132 Å². The van der Waals surface area contributed by atoms with Crippen LogP contribution in [0.5, 0.6) is 0 Å². The molecule has 0 amide bonds. The first kappa shape index (κ1) is 15.8. The third-order valence-corrected chi connectivity index (χ3v) is 6.21. The van der Waals surface area contributed by atoms with Gasteiger partial charge in [-0.25, -0.2) is 0 Å². The van der Waals surface area contributed by atoms with Crippen molar-refractivity contribution in [1.29, 1.82) is 0 Å². The van der Waals surface area contributed by atoms with Gasteiger partial charge in [-0.3, -0.25) is 4.90 Å². The lowest BCUT2D eigenvalue weighted by atomic mass is 9.63. The van der Waals surface area contributed by atoms with Crippen LogP contribution in [0.2, 0.25) is 0 Å². The predicted molar refractivity (Wildman–Crippen MR) is 90.5 cm³/mol. The minimum atomic E-state index is 0.377. The molecule has 21 heavy (non-hydrogen) atoms. The minimum absolute atomic E-state index is 0.377. The van der Waals surface area contributed by atoms with Gasteiger partial charge < -0.3 is 5.32 Å². The van der Waals surface area contributed by atoms with Crippen LogP contribution in [0.4, 0.5) is 0 Å². The maximum atomic E-state index is 3.89. The second-order valence-electron chi connectivity index (χ2n) is 10.0. The van der Waals surface area contributed by atoms with Gasteiger partial charge in [-0.15, -0.1) is 0 Å². The Bertz CT molecular complexity index is 367. The van der Waals surface area contributed by atoms with Crippen molar-refractivity contribution in [3.05, 3.63) is 0 Å². The van der Waals surface area contributed by atoms with Gasteiger partial charge in [0.2, 0.25) is 0 Å². The zero-order valence-corrected chi connectivity index (χ0v) is 15.0. The molecule has 3 aliphatic rings. The summed E-state index contributed by atoms with van der Waals surface area (Å²) in [5, 5.41) is 3.89. The van der Waals surface area contributed by atoms with Gasteiger partial charge in [0.15, 0.2) is 0 Å². The summed E-state index contributed by atoms with van der Waals surface area (Å²) >= 11 is 0. The van der Waals surface area contributed by atoms with Crippen molar-refractivity contribution in [1.82, 2.24) is 10.2 Å². The topological polar surface area (TPSA) is 15.3 Å². The van der Waals surface area contributed by atoms with Gasteiger partial charge in [0.05, 0.1) is 0 Å². The second-order valence-corrected chi connectivity index (χ2v) is 10.0. The Balaban J connectivity index is 1.74. The summed E-state index contributed by atoms with van der Waals surface area (Å²) in [7, 11) is 0. The molecule has 0 radical (unpaired) electrons. The summed E-state index contributed by atoms with van der Waals surface area (Å²) in [6, 6.07) is 0.793. The third-order valence-electron chi connectivity index (χ3n) is 6.21. The Morgan fingerprint density at radius 1 is 0.952 bits per heavy atom. The first-order valence-electron chi connectivity index (χ1n) is 9.18.